The van der Waals surface area contributed by atoms with Crippen LogP contribution in [-0.4, -0.2) is 17.6 Å². The molecule has 0 aliphatic carbocycles. The fraction of sp³-hybridized carbons (Fsp3) is 0.125. The van der Waals surface area contributed by atoms with E-state index >= 15 is 0 Å². The average molecular weight is 231 g/mol. The number of hydrogen-bond donors (Lipinski definition) is 1. The molecule has 0 unspecified atom stereocenters. The van der Waals surface area contributed by atoms with Gasteiger partial charge in [0.25, 0.3) is 0 Å². The molecule has 0 atom stereocenters. The summed E-state index contributed by atoms with van der Waals surface area (Å²) in [5.41, 5.74) is 4.06. The highest BCUT2D eigenvalue weighted by Crippen LogP contribution is 2.30. The summed E-state index contributed by atoms with van der Waals surface area (Å²) in [5, 5.41) is 8.58. The quantitative estimate of drug-likeness (QED) is 0.773. The summed E-state index contributed by atoms with van der Waals surface area (Å²) in [4.78, 5) is 13.8. The van der Waals surface area contributed by atoms with Crippen LogP contribution in [0.15, 0.2) is 6.20 Å². The summed E-state index contributed by atoms with van der Waals surface area (Å²) in [7, 11) is 0. The first-order valence-electron chi connectivity index (χ1n) is 3.78. The van der Waals surface area contributed by atoms with Crippen LogP contribution in [-0.2, 0) is 0 Å². The van der Waals surface area contributed by atoms with E-state index in [1.165, 1.54) is 6.07 Å². The van der Waals surface area contributed by atoms with Crippen molar-refractivity contribution < 1.29 is 22.7 Å². The second kappa shape index (κ2) is 4.06. The molecule has 16 heavy (non-hydrogen) atoms. The van der Waals surface area contributed by atoms with Crippen LogP contribution in [0.3, 0.4) is 0 Å². The first-order chi connectivity index (χ1) is 7.39. The highest BCUT2D eigenvalue weighted by atomic mass is 19.4. The molecule has 0 saturated heterocycles. The smallest absolute Gasteiger partial charge is 0.403 e. The van der Waals surface area contributed by atoms with Gasteiger partial charge in [-0.3, -0.25) is 4.79 Å². The molecule has 0 spiro atoms. The Kier molecular flexibility index (Phi) is 2.99. The molecule has 0 amide bonds. The monoisotopic (exact) mass is 231 g/mol. The van der Waals surface area contributed by atoms with Crippen LogP contribution in [0.1, 0.15) is 15.9 Å². The molecule has 0 bridgehead atoms. The van der Waals surface area contributed by atoms with Crippen molar-refractivity contribution in [1.29, 1.82) is 5.26 Å². The second-order valence-corrected chi connectivity index (χ2v) is 2.58. The molecule has 5 nitrogen and oxygen atoms in total. The predicted octanol–water partition coefficient (Wildman–Crippen LogP) is 1.25. The Morgan fingerprint density at radius 1 is 1.56 bits per heavy atom. The lowest BCUT2D eigenvalue weighted by Crippen LogP contribution is -2.19. The number of alkyl halides is 3. The summed E-state index contributed by atoms with van der Waals surface area (Å²) >= 11 is 0. The number of pyridine rings is 1. The van der Waals surface area contributed by atoms with Crippen LogP contribution in [0, 0.1) is 11.3 Å². The van der Waals surface area contributed by atoms with Gasteiger partial charge in [0, 0.05) is 6.20 Å². The zero-order valence-corrected chi connectivity index (χ0v) is 7.58. The topological polar surface area (TPSA) is 89.0 Å². The van der Waals surface area contributed by atoms with Gasteiger partial charge in [0.05, 0.1) is 5.56 Å². The predicted molar refractivity (Wildman–Crippen MR) is 45.4 cm³/mol. The van der Waals surface area contributed by atoms with E-state index in [2.05, 4.69) is 9.72 Å². The number of carbonyl (C=O) groups excluding carboxylic acids is 1. The number of carbonyl (C=O) groups is 1. The lowest BCUT2D eigenvalue weighted by atomic mass is 10.2. The van der Waals surface area contributed by atoms with E-state index in [-0.39, 0.29) is 6.29 Å². The lowest BCUT2D eigenvalue weighted by Gasteiger charge is -2.12. The molecule has 0 aliphatic rings. The van der Waals surface area contributed by atoms with Crippen molar-refractivity contribution in [2.24, 2.45) is 0 Å². The molecule has 0 radical (unpaired) electrons. The highest BCUT2D eigenvalue weighted by Gasteiger charge is 2.34. The fourth-order valence-corrected chi connectivity index (χ4v) is 0.941. The molecular weight excluding hydrogens is 227 g/mol. The Morgan fingerprint density at radius 3 is 2.62 bits per heavy atom. The van der Waals surface area contributed by atoms with Gasteiger partial charge in [0.15, 0.2) is 12.0 Å². The van der Waals surface area contributed by atoms with Crippen molar-refractivity contribution in [3.8, 4) is 11.8 Å². The molecule has 0 aromatic carbocycles. The van der Waals surface area contributed by atoms with Crippen molar-refractivity contribution in [2.75, 3.05) is 5.73 Å². The Hall–Kier alpha value is -2.30. The molecule has 2 N–H and O–H groups in total. The van der Waals surface area contributed by atoms with Crippen LogP contribution >= 0.6 is 0 Å². The number of ether oxygens (including phenoxy) is 1. The summed E-state index contributed by atoms with van der Waals surface area (Å²) in [6.45, 7) is 0. The lowest BCUT2D eigenvalue weighted by molar-refractivity contribution is -0.274. The third kappa shape index (κ3) is 2.38. The first-order valence-corrected chi connectivity index (χ1v) is 3.78. The number of nitrogens with zero attached hydrogens (tertiary/aromatic N) is 2. The zero-order chi connectivity index (χ0) is 12.3. The van der Waals surface area contributed by atoms with Gasteiger partial charge >= 0.3 is 6.36 Å². The van der Waals surface area contributed by atoms with Crippen LogP contribution in [0.5, 0.6) is 5.75 Å². The molecule has 0 saturated carbocycles. The third-order valence-electron chi connectivity index (χ3n) is 1.54. The number of halogens is 3. The van der Waals surface area contributed by atoms with Crippen LogP contribution < -0.4 is 10.5 Å². The SMILES string of the molecule is N#Cc1c(N)ncc(C=O)c1OC(F)(F)F. The second-order valence-electron chi connectivity index (χ2n) is 2.58. The van der Waals surface area contributed by atoms with Gasteiger partial charge in [-0.25, -0.2) is 4.98 Å². The van der Waals surface area contributed by atoms with Crippen molar-refractivity contribution in [3.63, 3.8) is 0 Å². The minimum atomic E-state index is -5.02. The first kappa shape index (κ1) is 11.8. The fourth-order valence-electron chi connectivity index (χ4n) is 0.941. The number of hydrogen-bond acceptors (Lipinski definition) is 5. The Morgan fingerprint density at radius 2 is 2.19 bits per heavy atom. The highest BCUT2D eigenvalue weighted by molar-refractivity contribution is 5.82. The maximum Gasteiger partial charge on any atom is 0.573 e. The van der Waals surface area contributed by atoms with Gasteiger partial charge in [0.2, 0.25) is 0 Å². The Bertz CT molecular complexity index is 465. The van der Waals surface area contributed by atoms with E-state index in [0.717, 1.165) is 6.20 Å². The maximum absolute atomic E-state index is 12.0. The molecule has 1 aromatic heterocycles. The molecule has 1 aromatic rings. The van der Waals surface area contributed by atoms with Gasteiger partial charge in [-0.1, -0.05) is 0 Å². The van der Waals surface area contributed by atoms with Crippen molar-refractivity contribution in [3.05, 3.63) is 17.3 Å². The average Bonchev–Trinajstić information content (AvgIpc) is 2.16. The number of nitrogens with two attached hydrogens (primary N) is 1. The molecular formula is C8H4F3N3O2. The Labute approximate surface area is 87.3 Å². The van der Waals surface area contributed by atoms with Crippen molar-refractivity contribution in [2.45, 2.75) is 6.36 Å². The summed E-state index contributed by atoms with van der Waals surface area (Å²) in [6, 6.07) is 1.39. The minimum Gasteiger partial charge on any atom is -0.403 e. The van der Waals surface area contributed by atoms with E-state index in [0.29, 0.717) is 0 Å². The van der Waals surface area contributed by atoms with Crippen molar-refractivity contribution in [1.82, 2.24) is 4.98 Å². The molecule has 0 aliphatic heterocycles. The van der Waals surface area contributed by atoms with Crippen LogP contribution in [0.4, 0.5) is 19.0 Å². The van der Waals surface area contributed by atoms with E-state index in [1.807, 2.05) is 0 Å². The zero-order valence-electron chi connectivity index (χ0n) is 7.58. The molecule has 84 valence electrons. The van der Waals surface area contributed by atoms with Gasteiger partial charge in [0.1, 0.15) is 17.5 Å². The van der Waals surface area contributed by atoms with Gasteiger partial charge < -0.3 is 10.5 Å². The van der Waals surface area contributed by atoms with Crippen molar-refractivity contribution >= 4 is 12.1 Å². The number of nitrogen functional groups attached to an aromatic ring is 1. The van der Waals surface area contributed by atoms with Gasteiger partial charge in [-0.05, 0) is 0 Å². The molecule has 1 rings (SSSR count). The molecule has 1 heterocycles. The van der Waals surface area contributed by atoms with Crippen LogP contribution in [0.25, 0.3) is 0 Å². The number of anilines is 1. The number of rotatable bonds is 2. The third-order valence-corrected chi connectivity index (χ3v) is 1.54. The standard InChI is InChI=1S/C8H4F3N3O2/c9-8(10,11)16-6-4(3-15)2-14-7(13)5(6)1-12/h2-3H,(H2,13,14). The largest absolute Gasteiger partial charge is 0.573 e. The Balaban J connectivity index is 3.38. The summed E-state index contributed by atoms with van der Waals surface area (Å²) < 4.78 is 39.5. The summed E-state index contributed by atoms with van der Waals surface area (Å²) in [6.07, 6.45) is -4.13. The van der Waals surface area contributed by atoms with E-state index < -0.39 is 29.1 Å². The number of nitriles is 1. The molecule has 0 fully saturated rings. The van der Waals surface area contributed by atoms with E-state index in [9.17, 15) is 18.0 Å². The van der Waals surface area contributed by atoms with Crippen LogP contribution in [0.2, 0.25) is 0 Å². The number of aldehydes is 1. The van der Waals surface area contributed by atoms with Gasteiger partial charge in [-0.2, -0.15) is 5.26 Å². The van der Waals surface area contributed by atoms with Gasteiger partial charge in [-0.15, -0.1) is 13.2 Å². The van der Waals surface area contributed by atoms with E-state index in [4.69, 9.17) is 11.0 Å². The van der Waals surface area contributed by atoms with E-state index in [1.54, 1.807) is 0 Å². The molecule has 8 heteroatoms. The summed E-state index contributed by atoms with van der Waals surface area (Å²) in [5.74, 6) is -1.37. The maximum atomic E-state index is 12.0. The normalized spacial score (nSPS) is 10.6. The minimum absolute atomic E-state index is 0.0916. The number of aromatic nitrogens is 1.